The molecule has 2 aromatic carbocycles. The van der Waals surface area contributed by atoms with Crippen molar-refractivity contribution in [2.45, 2.75) is 0 Å². The van der Waals surface area contributed by atoms with Crippen molar-refractivity contribution in [3.8, 4) is 0 Å². The molecule has 0 nitrogen and oxygen atoms in total. The van der Waals surface area contributed by atoms with Crippen LogP contribution in [0.25, 0.3) is 12.2 Å². The molecule has 2 rings (SSSR count). The van der Waals surface area contributed by atoms with Crippen molar-refractivity contribution in [2.75, 3.05) is 0 Å². The van der Waals surface area contributed by atoms with Crippen molar-refractivity contribution >= 4 is 12.2 Å². The van der Waals surface area contributed by atoms with Gasteiger partial charge in [0, 0.05) is 0 Å². The Kier molecular flexibility index (Phi) is 6.34. The summed E-state index contributed by atoms with van der Waals surface area (Å²) < 4.78 is 0. The van der Waals surface area contributed by atoms with Gasteiger partial charge in [0.25, 0.3) is 0 Å². The van der Waals surface area contributed by atoms with Crippen molar-refractivity contribution in [3.05, 3.63) is 71.8 Å². The van der Waals surface area contributed by atoms with Crippen LogP contribution in [-0.4, -0.2) is 0 Å². The number of hydrogen-bond acceptors (Lipinski definition) is 0. The smallest absolute Gasteiger partial charge is 0.0622 e. The predicted molar refractivity (Wildman–Crippen MR) is 61.8 cm³/mol. The second-order valence-corrected chi connectivity index (χ2v) is 3.15. The Balaban J connectivity index is 0.00000112. The molecule has 0 fully saturated rings. The van der Waals surface area contributed by atoms with E-state index in [0.717, 1.165) is 0 Å². The van der Waals surface area contributed by atoms with Crippen LogP contribution in [0, 0.1) is 0 Å². The minimum absolute atomic E-state index is 0. The van der Waals surface area contributed by atoms with Gasteiger partial charge in [-0.1, -0.05) is 72.8 Å². The Morgan fingerprint density at radius 1 is 0.533 bits per heavy atom. The molecule has 0 heterocycles. The van der Waals surface area contributed by atoms with E-state index in [-0.39, 0.29) is 58.2 Å². The first-order valence-corrected chi connectivity index (χ1v) is 4.73. The zero-order valence-corrected chi connectivity index (χ0v) is 13.8. The summed E-state index contributed by atoms with van der Waals surface area (Å²) in [6, 6.07) is 20.6. The first-order chi connectivity index (χ1) is 6.95. The maximum absolute atomic E-state index is 2.12. The zero-order valence-electron chi connectivity index (χ0n) is 8.93. The van der Waals surface area contributed by atoms with Crippen LogP contribution >= 0.6 is 0 Å². The largest absolute Gasteiger partial charge is 1.00 e. The SMILES string of the molecule is C(=C\c1ccccc1)/c1ccccc1.[Rb+]. The molecule has 0 atom stereocenters. The molecule has 2 aromatic rings. The molecule has 0 saturated carbocycles. The third-order valence-corrected chi connectivity index (χ3v) is 2.07. The molecule has 68 valence electrons. The third kappa shape index (κ3) is 4.56. The van der Waals surface area contributed by atoms with E-state index in [1.165, 1.54) is 11.1 Å². The Hall–Kier alpha value is -0.0148. The van der Waals surface area contributed by atoms with Crippen LogP contribution in [-0.2, 0) is 0 Å². The molecule has 0 spiro atoms. The van der Waals surface area contributed by atoms with E-state index >= 15 is 0 Å². The second kappa shape index (κ2) is 7.29. The van der Waals surface area contributed by atoms with Gasteiger partial charge in [-0.25, -0.2) is 0 Å². The molecule has 0 aliphatic heterocycles. The minimum atomic E-state index is 0. The van der Waals surface area contributed by atoms with Gasteiger partial charge in [0.05, 0.1) is 0 Å². The van der Waals surface area contributed by atoms with Crippen molar-refractivity contribution in [2.24, 2.45) is 0 Å². The van der Waals surface area contributed by atoms with Gasteiger partial charge in [-0.2, -0.15) is 0 Å². The van der Waals surface area contributed by atoms with E-state index in [4.69, 9.17) is 0 Å². The molecular weight excluding hydrogens is 254 g/mol. The van der Waals surface area contributed by atoms with Gasteiger partial charge in [-0.05, 0) is 11.1 Å². The summed E-state index contributed by atoms with van der Waals surface area (Å²) in [5.74, 6) is 0. The maximum Gasteiger partial charge on any atom is 1.00 e. The summed E-state index contributed by atoms with van der Waals surface area (Å²) in [4.78, 5) is 0. The summed E-state index contributed by atoms with van der Waals surface area (Å²) in [6.07, 6.45) is 4.24. The van der Waals surface area contributed by atoms with Crippen LogP contribution in [0.15, 0.2) is 60.7 Å². The van der Waals surface area contributed by atoms with E-state index in [0.29, 0.717) is 0 Å². The molecule has 0 aromatic heterocycles. The zero-order chi connectivity index (χ0) is 9.64. The van der Waals surface area contributed by atoms with Crippen molar-refractivity contribution in [1.29, 1.82) is 0 Å². The molecule has 0 radical (unpaired) electrons. The summed E-state index contributed by atoms with van der Waals surface area (Å²) >= 11 is 0. The Labute approximate surface area is 140 Å². The van der Waals surface area contributed by atoms with Gasteiger partial charge in [0.1, 0.15) is 0 Å². The van der Waals surface area contributed by atoms with Crippen LogP contribution < -0.4 is 58.2 Å². The van der Waals surface area contributed by atoms with Crippen LogP contribution in [0.4, 0.5) is 0 Å². The van der Waals surface area contributed by atoms with E-state index < -0.39 is 0 Å². The molecule has 0 bridgehead atoms. The van der Waals surface area contributed by atoms with Gasteiger partial charge >= 0.3 is 58.2 Å². The summed E-state index contributed by atoms with van der Waals surface area (Å²) in [5.41, 5.74) is 2.47. The molecule has 0 amide bonds. The van der Waals surface area contributed by atoms with E-state index in [1.54, 1.807) is 0 Å². The third-order valence-electron chi connectivity index (χ3n) is 2.07. The van der Waals surface area contributed by atoms with Crippen molar-refractivity contribution in [1.82, 2.24) is 0 Å². The normalized spacial score (nSPS) is 9.87. The summed E-state index contributed by atoms with van der Waals surface area (Å²) in [5, 5.41) is 0. The molecule has 0 aliphatic carbocycles. The monoisotopic (exact) mass is 265 g/mol. The Morgan fingerprint density at radius 3 is 1.20 bits per heavy atom. The van der Waals surface area contributed by atoms with Gasteiger partial charge < -0.3 is 0 Å². The average Bonchev–Trinajstić information content (AvgIpc) is 2.29. The van der Waals surface area contributed by atoms with Crippen LogP contribution in [0.2, 0.25) is 0 Å². The molecule has 0 aliphatic rings. The number of rotatable bonds is 2. The van der Waals surface area contributed by atoms with Gasteiger partial charge in [0.15, 0.2) is 0 Å². The topological polar surface area (TPSA) is 0 Å². The molecular formula is C14H12Rb+. The molecule has 0 N–H and O–H groups in total. The number of hydrogen-bond donors (Lipinski definition) is 0. The predicted octanol–water partition coefficient (Wildman–Crippen LogP) is 0.861. The fraction of sp³-hybridized carbons (Fsp3) is 0. The Bertz CT molecular complexity index is 362. The minimum Gasteiger partial charge on any atom is -0.0622 e. The van der Waals surface area contributed by atoms with Crippen molar-refractivity contribution < 1.29 is 58.2 Å². The molecule has 0 unspecified atom stereocenters. The van der Waals surface area contributed by atoms with E-state index in [1.807, 2.05) is 36.4 Å². The fourth-order valence-electron chi connectivity index (χ4n) is 1.32. The molecule has 1 heteroatoms. The van der Waals surface area contributed by atoms with Gasteiger partial charge in [-0.15, -0.1) is 0 Å². The molecule has 0 saturated heterocycles. The van der Waals surface area contributed by atoms with E-state index in [2.05, 4.69) is 36.4 Å². The van der Waals surface area contributed by atoms with Crippen molar-refractivity contribution in [3.63, 3.8) is 0 Å². The van der Waals surface area contributed by atoms with Gasteiger partial charge in [0.2, 0.25) is 0 Å². The number of benzene rings is 2. The second-order valence-electron chi connectivity index (χ2n) is 3.15. The van der Waals surface area contributed by atoms with Crippen LogP contribution in [0.1, 0.15) is 11.1 Å². The first kappa shape index (κ1) is 13.1. The first-order valence-electron chi connectivity index (χ1n) is 4.73. The summed E-state index contributed by atoms with van der Waals surface area (Å²) in [7, 11) is 0. The quantitative estimate of drug-likeness (QED) is 0.707. The van der Waals surface area contributed by atoms with Gasteiger partial charge in [-0.3, -0.25) is 0 Å². The van der Waals surface area contributed by atoms with Crippen LogP contribution in [0.5, 0.6) is 0 Å². The maximum atomic E-state index is 2.12. The van der Waals surface area contributed by atoms with E-state index in [9.17, 15) is 0 Å². The fourth-order valence-corrected chi connectivity index (χ4v) is 1.32. The van der Waals surface area contributed by atoms with Crippen LogP contribution in [0.3, 0.4) is 0 Å². The Morgan fingerprint density at radius 2 is 0.867 bits per heavy atom. The average molecular weight is 266 g/mol. The standard InChI is InChI=1S/C14H12.Rb/c1-3-7-13(8-4-1)11-12-14-9-5-2-6-10-14;/h1-12H;/q;+1/b12-11+;. The summed E-state index contributed by atoms with van der Waals surface area (Å²) in [6.45, 7) is 0. The molecule has 15 heavy (non-hydrogen) atoms.